The van der Waals surface area contributed by atoms with E-state index in [1.807, 2.05) is 6.07 Å². The Morgan fingerprint density at radius 1 is 0.697 bits per heavy atom. The van der Waals surface area contributed by atoms with Gasteiger partial charge in [-0.15, -0.1) is 9.24 Å². The number of benzene rings is 3. The van der Waals surface area contributed by atoms with Crippen LogP contribution in [0.15, 0.2) is 91.0 Å². The van der Waals surface area contributed by atoms with Crippen molar-refractivity contribution in [1.29, 1.82) is 0 Å². The molecule has 0 aliphatic heterocycles. The molecular weight excluding hydrogens is 423 g/mol. The number of hydrogen-bond donors (Lipinski definition) is 1. The summed E-state index contributed by atoms with van der Waals surface area (Å²) in [5.41, 5.74) is 5.34. The molecule has 0 heterocycles. The largest absolute Gasteiger partial charge is 0.481 e. The molecule has 0 saturated heterocycles. The lowest BCUT2D eigenvalue weighted by Crippen LogP contribution is -2.04. The molecule has 0 fully saturated rings. The second-order valence-corrected chi connectivity index (χ2v) is 9.98. The minimum absolute atomic E-state index is 0.324. The maximum absolute atomic E-state index is 10.2. The van der Waals surface area contributed by atoms with Crippen molar-refractivity contribution in [3.63, 3.8) is 0 Å². The normalized spacial score (nSPS) is 10.7. The van der Waals surface area contributed by atoms with Crippen LogP contribution in [-0.2, 0) is 4.79 Å². The topological polar surface area (TPSA) is 37.3 Å². The van der Waals surface area contributed by atoms with Crippen molar-refractivity contribution in [3.05, 3.63) is 108 Å². The lowest BCUT2D eigenvalue weighted by Gasteiger charge is -2.17. The van der Waals surface area contributed by atoms with Gasteiger partial charge in [0, 0.05) is 6.42 Å². The van der Waals surface area contributed by atoms with Crippen LogP contribution in [0.1, 0.15) is 69.6 Å². The fourth-order valence-corrected chi connectivity index (χ4v) is 4.08. The molecule has 3 heteroatoms. The number of hydrogen-bond acceptors (Lipinski definition) is 1. The lowest BCUT2D eigenvalue weighted by molar-refractivity contribution is -0.137. The highest BCUT2D eigenvalue weighted by molar-refractivity contribution is 7.32. The summed E-state index contributed by atoms with van der Waals surface area (Å²) in [6.07, 6.45) is 4.53. The molecule has 0 bridgehead atoms. The van der Waals surface area contributed by atoms with E-state index in [4.69, 9.17) is 5.11 Å². The molecule has 0 spiro atoms. The molecule has 174 valence electrons. The Labute approximate surface area is 202 Å². The predicted octanol–water partition coefficient (Wildman–Crippen LogP) is 8.55. The van der Waals surface area contributed by atoms with E-state index in [1.54, 1.807) is 0 Å². The highest BCUT2D eigenvalue weighted by Crippen LogP contribution is 2.35. The van der Waals surface area contributed by atoms with Crippen molar-refractivity contribution in [2.45, 2.75) is 52.9 Å². The van der Waals surface area contributed by atoms with Gasteiger partial charge in [0.15, 0.2) is 0 Å². The van der Waals surface area contributed by atoms with E-state index in [-0.39, 0.29) is 0 Å². The molecule has 3 aromatic rings. The van der Waals surface area contributed by atoms with Crippen LogP contribution in [0.3, 0.4) is 0 Å². The van der Waals surface area contributed by atoms with E-state index in [1.165, 1.54) is 34.0 Å². The van der Waals surface area contributed by atoms with E-state index in [0.29, 0.717) is 11.8 Å². The predicted molar refractivity (Wildman–Crippen MR) is 145 cm³/mol. The van der Waals surface area contributed by atoms with Crippen molar-refractivity contribution < 1.29 is 9.90 Å². The number of unbranched alkanes of at least 4 members (excludes halogenated alkanes) is 2. The van der Waals surface area contributed by atoms with E-state index in [0.717, 1.165) is 19.3 Å². The molecule has 0 amide bonds. The Morgan fingerprint density at radius 3 is 1.52 bits per heavy atom. The standard InChI is InChI=1S/C20H17P.C10H20O2/c21-20(18-14-8-3-9-15-18)19(16-10-4-1-5-11-16)17-12-6-2-7-13-17;1-10(2,3)8-6-4-5-7-9(11)12/h1-15H,21H2;4-8H2,1-3H3,(H,11,12). The summed E-state index contributed by atoms with van der Waals surface area (Å²) in [7, 11) is 2.91. The Kier molecular flexibility index (Phi) is 11.1. The van der Waals surface area contributed by atoms with Gasteiger partial charge in [-0.25, -0.2) is 0 Å². The molecule has 0 saturated carbocycles. The highest BCUT2D eigenvalue weighted by atomic mass is 31.0. The van der Waals surface area contributed by atoms with Gasteiger partial charge < -0.3 is 5.11 Å². The highest BCUT2D eigenvalue weighted by Gasteiger charge is 2.10. The molecule has 3 rings (SSSR count). The first-order valence-corrected chi connectivity index (χ1v) is 12.2. The van der Waals surface area contributed by atoms with E-state index >= 15 is 0 Å². The molecular formula is C30H37O2P. The average molecular weight is 461 g/mol. The van der Waals surface area contributed by atoms with Gasteiger partial charge in [-0.3, -0.25) is 4.79 Å². The first-order chi connectivity index (χ1) is 15.8. The number of carboxylic acid groups (broad SMARTS) is 1. The smallest absolute Gasteiger partial charge is 0.303 e. The number of carboxylic acids is 1. The minimum Gasteiger partial charge on any atom is -0.481 e. The monoisotopic (exact) mass is 460 g/mol. The summed E-state index contributed by atoms with van der Waals surface area (Å²) in [5.74, 6) is -0.675. The van der Waals surface area contributed by atoms with Crippen molar-refractivity contribution in [2.75, 3.05) is 0 Å². The maximum Gasteiger partial charge on any atom is 0.303 e. The van der Waals surface area contributed by atoms with Crippen molar-refractivity contribution >= 4 is 26.1 Å². The molecule has 2 nitrogen and oxygen atoms in total. The van der Waals surface area contributed by atoms with Crippen molar-refractivity contribution in [3.8, 4) is 0 Å². The summed E-state index contributed by atoms with van der Waals surface area (Å²) in [4.78, 5) is 10.2. The zero-order valence-corrected chi connectivity index (χ0v) is 21.3. The van der Waals surface area contributed by atoms with Crippen LogP contribution in [-0.4, -0.2) is 11.1 Å². The fourth-order valence-electron chi connectivity index (χ4n) is 3.56. The Bertz CT molecular complexity index is 946. The Balaban J connectivity index is 0.000000277. The minimum atomic E-state index is -0.675. The van der Waals surface area contributed by atoms with Crippen LogP contribution < -0.4 is 0 Å². The number of aliphatic carboxylic acids is 1. The number of rotatable bonds is 8. The quantitative estimate of drug-likeness (QED) is 0.208. The van der Waals surface area contributed by atoms with Gasteiger partial charge in [0.25, 0.3) is 0 Å². The third kappa shape index (κ3) is 10.2. The summed E-state index contributed by atoms with van der Waals surface area (Å²) >= 11 is 0. The van der Waals surface area contributed by atoms with Gasteiger partial charge in [-0.2, -0.15) is 0 Å². The van der Waals surface area contributed by atoms with Crippen molar-refractivity contribution in [2.24, 2.45) is 5.41 Å². The number of carbonyl (C=O) groups is 1. The Hall–Kier alpha value is -2.70. The lowest BCUT2D eigenvalue weighted by atomic mass is 9.89. The van der Waals surface area contributed by atoms with Gasteiger partial charge >= 0.3 is 5.97 Å². The van der Waals surface area contributed by atoms with E-state index in [9.17, 15) is 4.79 Å². The molecule has 1 N–H and O–H groups in total. The third-order valence-corrected chi connectivity index (χ3v) is 5.92. The van der Waals surface area contributed by atoms with Gasteiger partial charge in [0.2, 0.25) is 0 Å². The SMILES string of the molecule is CC(C)(C)CCCCCC(=O)O.PC(=C(c1ccccc1)c1ccccc1)c1ccccc1. The maximum atomic E-state index is 10.2. The molecule has 1 unspecified atom stereocenters. The summed E-state index contributed by atoms with van der Waals surface area (Å²) in [5, 5.41) is 9.59. The molecule has 0 aliphatic rings. The summed E-state index contributed by atoms with van der Waals surface area (Å²) < 4.78 is 0. The molecule has 0 aliphatic carbocycles. The zero-order valence-electron chi connectivity index (χ0n) is 20.1. The van der Waals surface area contributed by atoms with Crippen LogP contribution in [0.4, 0.5) is 0 Å². The summed E-state index contributed by atoms with van der Waals surface area (Å²) in [6.45, 7) is 6.64. The molecule has 33 heavy (non-hydrogen) atoms. The van der Waals surface area contributed by atoms with Crippen LogP contribution in [0.25, 0.3) is 10.9 Å². The van der Waals surface area contributed by atoms with Crippen LogP contribution >= 0.6 is 9.24 Å². The first-order valence-electron chi connectivity index (χ1n) is 11.7. The molecule has 0 radical (unpaired) electrons. The van der Waals surface area contributed by atoms with Gasteiger partial charge in [0.05, 0.1) is 0 Å². The van der Waals surface area contributed by atoms with Crippen LogP contribution in [0, 0.1) is 5.41 Å². The zero-order chi connectivity index (χ0) is 24.1. The summed E-state index contributed by atoms with van der Waals surface area (Å²) in [6, 6.07) is 31.6. The van der Waals surface area contributed by atoms with Crippen LogP contribution in [0.2, 0.25) is 0 Å². The van der Waals surface area contributed by atoms with Crippen LogP contribution in [0.5, 0.6) is 0 Å². The molecule has 0 aromatic heterocycles. The van der Waals surface area contributed by atoms with Gasteiger partial charge in [0.1, 0.15) is 0 Å². The van der Waals surface area contributed by atoms with Gasteiger partial charge in [-0.1, -0.05) is 125 Å². The average Bonchev–Trinajstić information content (AvgIpc) is 2.80. The fraction of sp³-hybridized carbons (Fsp3) is 0.300. The second kappa shape index (κ2) is 13.8. The second-order valence-electron chi connectivity index (χ2n) is 9.40. The molecule has 3 aromatic carbocycles. The molecule has 1 atom stereocenters. The van der Waals surface area contributed by atoms with Gasteiger partial charge in [-0.05, 0) is 45.8 Å². The van der Waals surface area contributed by atoms with Crippen molar-refractivity contribution in [1.82, 2.24) is 0 Å². The first kappa shape index (κ1) is 26.6. The van der Waals surface area contributed by atoms with E-state index in [2.05, 4.69) is 115 Å². The Morgan fingerprint density at radius 2 is 1.12 bits per heavy atom. The third-order valence-electron chi connectivity index (χ3n) is 5.30. The van der Waals surface area contributed by atoms with E-state index < -0.39 is 5.97 Å².